The Labute approximate surface area is 188 Å². The Bertz CT molecular complexity index is 1090. The van der Waals surface area contributed by atoms with Crippen molar-refractivity contribution in [1.29, 1.82) is 0 Å². The molecule has 0 amide bonds. The van der Waals surface area contributed by atoms with Crippen LogP contribution in [0.1, 0.15) is 68.9 Å². The molecule has 3 aromatic heterocycles. The fraction of sp³-hybridized carbons (Fsp3) is 0.500. The van der Waals surface area contributed by atoms with Gasteiger partial charge in [0.05, 0.1) is 13.2 Å². The molecule has 2 N–H and O–H groups in total. The van der Waals surface area contributed by atoms with E-state index in [1.807, 2.05) is 12.3 Å². The van der Waals surface area contributed by atoms with E-state index in [9.17, 15) is 9.90 Å². The normalized spacial score (nSPS) is 19.6. The van der Waals surface area contributed by atoms with Crippen LogP contribution < -0.4 is 5.32 Å². The number of nitrogens with zero attached hydrogens (tertiary/aromatic N) is 4. The number of anilines is 1. The highest BCUT2D eigenvalue weighted by atomic mass is 16.5. The lowest BCUT2D eigenvalue weighted by molar-refractivity contribution is 0.0594. The molecule has 3 heterocycles. The molecule has 8 heteroatoms. The molecule has 8 nitrogen and oxygen atoms in total. The first-order chi connectivity index (χ1) is 15.5. The van der Waals surface area contributed by atoms with Crippen molar-refractivity contribution < 1.29 is 14.6 Å². The van der Waals surface area contributed by atoms with E-state index in [1.54, 1.807) is 12.3 Å². The molecule has 1 aliphatic carbocycles. The molecule has 1 fully saturated rings. The molecule has 0 bridgehead atoms. The van der Waals surface area contributed by atoms with Crippen molar-refractivity contribution in [3.63, 3.8) is 0 Å². The van der Waals surface area contributed by atoms with E-state index in [1.165, 1.54) is 7.11 Å². The van der Waals surface area contributed by atoms with Gasteiger partial charge in [-0.05, 0) is 56.7 Å². The van der Waals surface area contributed by atoms with Crippen molar-refractivity contribution in [1.82, 2.24) is 19.5 Å². The number of hydrogen-bond donors (Lipinski definition) is 2. The van der Waals surface area contributed by atoms with Gasteiger partial charge in [0, 0.05) is 41.6 Å². The summed E-state index contributed by atoms with van der Waals surface area (Å²) in [5, 5.41) is 14.3. The van der Waals surface area contributed by atoms with Crippen LogP contribution in [-0.4, -0.2) is 49.9 Å². The van der Waals surface area contributed by atoms with E-state index in [0.29, 0.717) is 5.95 Å². The molecule has 0 spiro atoms. The number of esters is 1. The largest absolute Gasteiger partial charge is 0.464 e. The summed E-state index contributed by atoms with van der Waals surface area (Å²) in [4.78, 5) is 25.6. The summed E-state index contributed by atoms with van der Waals surface area (Å²) < 4.78 is 7.05. The number of hydrogen-bond acceptors (Lipinski definition) is 7. The minimum absolute atomic E-state index is 0.225. The molecule has 0 unspecified atom stereocenters. The quantitative estimate of drug-likeness (QED) is 0.530. The minimum Gasteiger partial charge on any atom is -0.464 e. The van der Waals surface area contributed by atoms with Crippen LogP contribution in [0.25, 0.3) is 22.2 Å². The van der Waals surface area contributed by atoms with Gasteiger partial charge in [-0.3, -0.25) is 0 Å². The fourth-order valence-electron chi connectivity index (χ4n) is 4.48. The molecule has 0 aliphatic heterocycles. The summed E-state index contributed by atoms with van der Waals surface area (Å²) in [6.45, 7) is 4.30. The van der Waals surface area contributed by atoms with Crippen LogP contribution in [0, 0.1) is 0 Å². The van der Waals surface area contributed by atoms with Gasteiger partial charge in [0.25, 0.3) is 0 Å². The lowest BCUT2D eigenvalue weighted by Gasteiger charge is -2.27. The average molecular weight is 438 g/mol. The molecule has 4 rings (SSSR count). The molecular weight excluding hydrogens is 406 g/mol. The number of nitrogens with one attached hydrogen (secondary N) is 1. The van der Waals surface area contributed by atoms with Gasteiger partial charge in [0.15, 0.2) is 0 Å². The molecule has 1 aliphatic rings. The maximum Gasteiger partial charge on any atom is 0.356 e. The van der Waals surface area contributed by atoms with Crippen LogP contribution in [0.4, 0.5) is 5.95 Å². The first-order valence-corrected chi connectivity index (χ1v) is 11.4. The van der Waals surface area contributed by atoms with Crippen LogP contribution in [0.3, 0.4) is 0 Å². The molecule has 0 radical (unpaired) electrons. The number of methoxy groups -OCH3 is 1. The Kier molecular flexibility index (Phi) is 6.69. The fourth-order valence-corrected chi connectivity index (χ4v) is 4.48. The zero-order valence-corrected chi connectivity index (χ0v) is 18.9. The monoisotopic (exact) mass is 437 g/mol. The van der Waals surface area contributed by atoms with Crippen LogP contribution in [0.5, 0.6) is 0 Å². The van der Waals surface area contributed by atoms with Crippen LogP contribution >= 0.6 is 0 Å². The number of pyridine rings is 1. The molecule has 1 atom stereocenters. The molecule has 3 aromatic rings. The SMILES string of the molecule is CCC[C@H](C)Nc1ncc2c(-c3ccnc(C(=O)OC)c3)cn(C3CCC(O)CC3)c2n1. The van der Waals surface area contributed by atoms with Crippen molar-refractivity contribution in [2.24, 2.45) is 0 Å². The zero-order chi connectivity index (χ0) is 22.7. The van der Waals surface area contributed by atoms with Gasteiger partial charge in [-0.25, -0.2) is 14.8 Å². The van der Waals surface area contributed by atoms with Crippen LogP contribution in [0.2, 0.25) is 0 Å². The van der Waals surface area contributed by atoms with Gasteiger partial charge in [0.2, 0.25) is 5.95 Å². The molecule has 1 saturated carbocycles. The molecular formula is C24H31N5O3. The zero-order valence-electron chi connectivity index (χ0n) is 18.9. The third-order valence-electron chi connectivity index (χ3n) is 6.19. The Hall–Kier alpha value is -3.00. The summed E-state index contributed by atoms with van der Waals surface area (Å²) >= 11 is 0. The van der Waals surface area contributed by atoms with Gasteiger partial charge in [-0.1, -0.05) is 13.3 Å². The second-order valence-electron chi connectivity index (χ2n) is 8.60. The van der Waals surface area contributed by atoms with Gasteiger partial charge < -0.3 is 19.7 Å². The number of ether oxygens (including phenoxy) is 1. The highest BCUT2D eigenvalue weighted by Crippen LogP contribution is 2.36. The minimum atomic E-state index is -0.468. The predicted octanol–water partition coefficient (Wildman–Crippen LogP) is 4.36. The Morgan fingerprint density at radius 3 is 2.81 bits per heavy atom. The second kappa shape index (κ2) is 9.65. The number of aromatic nitrogens is 4. The first-order valence-electron chi connectivity index (χ1n) is 11.4. The van der Waals surface area contributed by atoms with Gasteiger partial charge in [0.1, 0.15) is 11.3 Å². The van der Waals surface area contributed by atoms with E-state index in [0.717, 1.165) is 60.7 Å². The summed E-state index contributed by atoms with van der Waals surface area (Å²) in [6, 6.07) is 4.16. The average Bonchev–Trinajstić information content (AvgIpc) is 3.18. The van der Waals surface area contributed by atoms with Crippen molar-refractivity contribution in [3.05, 3.63) is 36.4 Å². The summed E-state index contributed by atoms with van der Waals surface area (Å²) in [7, 11) is 1.35. The molecule has 0 saturated heterocycles. The van der Waals surface area contributed by atoms with Gasteiger partial charge >= 0.3 is 5.97 Å². The Morgan fingerprint density at radius 1 is 1.31 bits per heavy atom. The number of aliphatic hydroxyl groups is 1. The lowest BCUT2D eigenvalue weighted by Crippen LogP contribution is -2.21. The van der Waals surface area contributed by atoms with Crippen LogP contribution in [-0.2, 0) is 4.74 Å². The van der Waals surface area contributed by atoms with Crippen molar-refractivity contribution in [2.75, 3.05) is 12.4 Å². The molecule has 170 valence electrons. The van der Waals surface area contributed by atoms with E-state index in [4.69, 9.17) is 9.72 Å². The lowest BCUT2D eigenvalue weighted by atomic mass is 9.93. The summed E-state index contributed by atoms with van der Waals surface area (Å²) in [5.41, 5.74) is 2.94. The smallest absolute Gasteiger partial charge is 0.356 e. The topological polar surface area (TPSA) is 102 Å². The maximum absolute atomic E-state index is 12.0. The van der Waals surface area contributed by atoms with Crippen LogP contribution in [0.15, 0.2) is 30.7 Å². The molecule has 0 aromatic carbocycles. The number of carbonyl (C=O) groups is 1. The van der Waals surface area contributed by atoms with E-state index < -0.39 is 5.97 Å². The van der Waals surface area contributed by atoms with Crippen molar-refractivity contribution >= 4 is 23.0 Å². The van der Waals surface area contributed by atoms with Gasteiger partial charge in [-0.2, -0.15) is 4.98 Å². The number of fused-ring (bicyclic) bond motifs is 1. The third-order valence-corrected chi connectivity index (χ3v) is 6.19. The van der Waals surface area contributed by atoms with Crippen molar-refractivity contribution in [2.45, 2.75) is 70.6 Å². The summed E-state index contributed by atoms with van der Waals surface area (Å²) in [6.07, 6.45) is 10.8. The highest BCUT2D eigenvalue weighted by molar-refractivity contribution is 5.96. The predicted molar refractivity (Wildman–Crippen MR) is 124 cm³/mol. The maximum atomic E-state index is 12.0. The van der Waals surface area contributed by atoms with E-state index in [2.05, 4.69) is 39.9 Å². The Balaban J connectivity index is 1.79. The standard InChI is InChI=1S/C24H31N5O3/c1-4-5-15(2)27-24-26-13-19-20(16-10-11-25-21(12-16)23(31)32-3)14-29(22(19)28-24)17-6-8-18(30)9-7-17/h10-15,17-18,30H,4-9H2,1-3H3,(H,26,27,28)/t15-,17?,18?/m0/s1. The van der Waals surface area contributed by atoms with Crippen molar-refractivity contribution in [3.8, 4) is 11.1 Å². The number of rotatable bonds is 7. The van der Waals surface area contributed by atoms with E-state index >= 15 is 0 Å². The van der Waals surface area contributed by atoms with Gasteiger partial charge in [-0.15, -0.1) is 0 Å². The highest BCUT2D eigenvalue weighted by Gasteiger charge is 2.24. The number of aliphatic hydroxyl groups excluding tert-OH is 1. The third kappa shape index (κ3) is 4.60. The number of carbonyl (C=O) groups excluding carboxylic acids is 1. The van der Waals surface area contributed by atoms with E-state index in [-0.39, 0.29) is 23.9 Å². The summed E-state index contributed by atoms with van der Waals surface area (Å²) in [5.74, 6) is 0.148. The first kappa shape index (κ1) is 22.2. The Morgan fingerprint density at radius 2 is 2.09 bits per heavy atom. The second-order valence-corrected chi connectivity index (χ2v) is 8.60. The molecule has 32 heavy (non-hydrogen) atoms.